The van der Waals surface area contributed by atoms with E-state index in [9.17, 15) is 0 Å². The van der Waals surface area contributed by atoms with Crippen molar-refractivity contribution in [3.8, 4) is 0 Å². The second kappa shape index (κ2) is 5.13. The Hall–Kier alpha value is -1.35. The van der Waals surface area contributed by atoms with Crippen LogP contribution in [-0.2, 0) is 13.1 Å². The van der Waals surface area contributed by atoms with E-state index in [0.717, 1.165) is 30.3 Å². The van der Waals surface area contributed by atoms with Crippen LogP contribution in [0.15, 0.2) is 18.2 Å². The lowest BCUT2D eigenvalue weighted by atomic mass is 9.88. The van der Waals surface area contributed by atoms with E-state index >= 15 is 0 Å². The quantitative estimate of drug-likeness (QED) is 0.927. The number of nitrogens with zero attached hydrogens (tertiary/aromatic N) is 2. The first kappa shape index (κ1) is 13.3. The molecule has 2 fully saturated rings. The van der Waals surface area contributed by atoms with Crippen molar-refractivity contribution in [2.75, 3.05) is 0 Å². The molecule has 21 heavy (non-hydrogen) atoms. The number of rotatable bonds is 4. The van der Waals surface area contributed by atoms with Crippen molar-refractivity contribution < 1.29 is 0 Å². The summed E-state index contributed by atoms with van der Waals surface area (Å²) < 4.78 is 2.49. The Morgan fingerprint density at radius 3 is 2.86 bits per heavy atom. The Kier molecular flexibility index (Phi) is 3.26. The Labute approximate surface area is 126 Å². The van der Waals surface area contributed by atoms with Crippen molar-refractivity contribution in [1.82, 2.24) is 9.55 Å². The molecule has 2 aliphatic carbocycles. The number of benzene rings is 1. The zero-order valence-electron chi connectivity index (χ0n) is 12.9. The topological polar surface area (TPSA) is 43.8 Å². The molecule has 2 aromatic rings. The molecular formula is C18H25N3. The molecule has 2 saturated carbocycles. The molecule has 1 aromatic heterocycles. The number of nitrogens with two attached hydrogens (primary N) is 1. The third kappa shape index (κ3) is 2.10. The van der Waals surface area contributed by atoms with Gasteiger partial charge in [0, 0.05) is 19.0 Å². The van der Waals surface area contributed by atoms with Gasteiger partial charge in [-0.1, -0.05) is 19.4 Å². The zero-order valence-corrected chi connectivity index (χ0v) is 12.9. The number of aromatic nitrogens is 2. The summed E-state index contributed by atoms with van der Waals surface area (Å²) >= 11 is 0. The summed E-state index contributed by atoms with van der Waals surface area (Å²) in [4.78, 5) is 5.05. The van der Waals surface area contributed by atoms with Crippen molar-refractivity contribution in [3.05, 3.63) is 29.6 Å². The minimum absolute atomic E-state index is 0.597. The van der Waals surface area contributed by atoms with E-state index in [1.807, 2.05) is 0 Å². The predicted octanol–water partition coefficient (Wildman–Crippen LogP) is 3.81. The maximum absolute atomic E-state index is 5.78. The van der Waals surface area contributed by atoms with Crippen LogP contribution in [0, 0.1) is 11.8 Å². The van der Waals surface area contributed by atoms with Crippen molar-refractivity contribution >= 4 is 11.0 Å². The average molecular weight is 283 g/mol. The molecule has 0 aliphatic heterocycles. The predicted molar refractivity (Wildman–Crippen MR) is 86.1 cm³/mol. The van der Waals surface area contributed by atoms with Crippen LogP contribution in [0.1, 0.15) is 56.3 Å². The zero-order chi connectivity index (χ0) is 14.4. The molecule has 2 bridgehead atoms. The molecule has 3 unspecified atom stereocenters. The second-order valence-electron chi connectivity index (χ2n) is 6.93. The molecule has 4 rings (SSSR count). The summed E-state index contributed by atoms with van der Waals surface area (Å²) in [5, 5.41) is 0. The fourth-order valence-electron chi connectivity index (χ4n) is 4.62. The van der Waals surface area contributed by atoms with Gasteiger partial charge in [0.1, 0.15) is 5.82 Å². The minimum Gasteiger partial charge on any atom is -0.328 e. The highest BCUT2D eigenvalue weighted by molar-refractivity contribution is 5.77. The molecule has 2 N–H and O–H groups in total. The summed E-state index contributed by atoms with van der Waals surface area (Å²) in [6.45, 7) is 3.94. The summed E-state index contributed by atoms with van der Waals surface area (Å²) in [5.41, 5.74) is 9.41. The van der Waals surface area contributed by atoms with Gasteiger partial charge in [-0.3, -0.25) is 0 Å². The van der Waals surface area contributed by atoms with Crippen molar-refractivity contribution in [2.45, 2.75) is 58.0 Å². The van der Waals surface area contributed by atoms with Crippen LogP contribution in [0.25, 0.3) is 11.0 Å². The molecule has 112 valence electrons. The van der Waals surface area contributed by atoms with Gasteiger partial charge in [0.05, 0.1) is 11.0 Å². The standard InChI is InChI=1S/C18H25N3/c1-2-7-21-17-6-4-13(11-19)10-16(17)20-18(21)15-9-12-3-5-14(15)8-12/h4,6,10,12,14-15H,2-3,5,7-9,11,19H2,1H3. The molecule has 0 radical (unpaired) electrons. The number of hydrogen-bond acceptors (Lipinski definition) is 2. The molecule has 3 atom stereocenters. The highest BCUT2D eigenvalue weighted by atomic mass is 15.1. The van der Waals surface area contributed by atoms with E-state index in [4.69, 9.17) is 10.7 Å². The number of fused-ring (bicyclic) bond motifs is 3. The van der Waals surface area contributed by atoms with Crippen LogP contribution in [0.2, 0.25) is 0 Å². The van der Waals surface area contributed by atoms with E-state index < -0.39 is 0 Å². The first-order valence-corrected chi connectivity index (χ1v) is 8.49. The molecule has 0 amide bonds. The molecule has 1 aromatic carbocycles. The van der Waals surface area contributed by atoms with E-state index in [1.54, 1.807) is 0 Å². The van der Waals surface area contributed by atoms with Crippen LogP contribution >= 0.6 is 0 Å². The van der Waals surface area contributed by atoms with Gasteiger partial charge < -0.3 is 10.3 Å². The Balaban J connectivity index is 1.81. The van der Waals surface area contributed by atoms with Crippen molar-refractivity contribution in [2.24, 2.45) is 17.6 Å². The Morgan fingerprint density at radius 2 is 2.19 bits per heavy atom. The van der Waals surface area contributed by atoms with Gasteiger partial charge in [0.25, 0.3) is 0 Å². The summed E-state index contributed by atoms with van der Waals surface area (Å²) in [7, 11) is 0. The van der Waals surface area contributed by atoms with Gasteiger partial charge in [0.15, 0.2) is 0 Å². The smallest absolute Gasteiger partial charge is 0.113 e. The van der Waals surface area contributed by atoms with Gasteiger partial charge in [-0.15, -0.1) is 0 Å². The third-order valence-corrected chi connectivity index (χ3v) is 5.59. The fourth-order valence-corrected chi connectivity index (χ4v) is 4.62. The van der Waals surface area contributed by atoms with Crippen LogP contribution in [0.3, 0.4) is 0 Å². The van der Waals surface area contributed by atoms with E-state index in [2.05, 4.69) is 29.7 Å². The average Bonchev–Trinajstić information content (AvgIpc) is 3.20. The van der Waals surface area contributed by atoms with E-state index in [-0.39, 0.29) is 0 Å². The number of imidazole rings is 1. The van der Waals surface area contributed by atoms with Crippen LogP contribution in [-0.4, -0.2) is 9.55 Å². The largest absolute Gasteiger partial charge is 0.328 e. The van der Waals surface area contributed by atoms with Crippen LogP contribution < -0.4 is 5.73 Å². The van der Waals surface area contributed by atoms with E-state index in [0.29, 0.717) is 12.5 Å². The lowest BCUT2D eigenvalue weighted by Crippen LogP contribution is -2.15. The van der Waals surface area contributed by atoms with Gasteiger partial charge >= 0.3 is 0 Å². The van der Waals surface area contributed by atoms with Gasteiger partial charge in [0.2, 0.25) is 0 Å². The number of hydrogen-bond donors (Lipinski definition) is 1. The molecule has 0 spiro atoms. The Bertz CT molecular complexity index is 658. The molecule has 1 heterocycles. The van der Waals surface area contributed by atoms with Gasteiger partial charge in [-0.05, 0) is 55.2 Å². The number of aryl methyl sites for hydroxylation is 1. The maximum Gasteiger partial charge on any atom is 0.113 e. The normalized spacial score (nSPS) is 27.8. The second-order valence-corrected chi connectivity index (χ2v) is 6.93. The van der Waals surface area contributed by atoms with Crippen molar-refractivity contribution in [1.29, 1.82) is 0 Å². The molecule has 3 heteroatoms. The van der Waals surface area contributed by atoms with Crippen LogP contribution in [0.4, 0.5) is 0 Å². The highest BCUT2D eigenvalue weighted by Crippen LogP contribution is 2.52. The third-order valence-electron chi connectivity index (χ3n) is 5.59. The van der Waals surface area contributed by atoms with Crippen LogP contribution in [0.5, 0.6) is 0 Å². The van der Waals surface area contributed by atoms with E-state index in [1.165, 1.54) is 42.6 Å². The molecular weight excluding hydrogens is 258 g/mol. The highest BCUT2D eigenvalue weighted by Gasteiger charge is 2.42. The first-order chi connectivity index (χ1) is 10.3. The lowest BCUT2D eigenvalue weighted by molar-refractivity contribution is 0.394. The maximum atomic E-state index is 5.78. The summed E-state index contributed by atoms with van der Waals surface area (Å²) in [6.07, 6.45) is 6.83. The SMILES string of the molecule is CCCn1c(C2CC3CCC2C3)nc2cc(CN)ccc21. The molecule has 0 saturated heterocycles. The molecule has 2 aliphatic rings. The van der Waals surface area contributed by atoms with Gasteiger partial charge in [-0.25, -0.2) is 4.98 Å². The lowest BCUT2D eigenvalue weighted by Gasteiger charge is -2.22. The monoisotopic (exact) mass is 283 g/mol. The minimum atomic E-state index is 0.597. The summed E-state index contributed by atoms with van der Waals surface area (Å²) in [5.74, 6) is 3.91. The Morgan fingerprint density at radius 1 is 1.29 bits per heavy atom. The fraction of sp³-hybridized carbons (Fsp3) is 0.611. The first-order valence-electron chi connectivity index (χ1n) is 8.49. The molecule has 3 nitrogen and oxygen atoms in total. The van der Waals surface area contributed by atoms with Gasteiger partial charge in [-0.2, -0.15) is 0 Å². The van der Waals surface area contributed by atoms with Crippen molar-refractivity contribution in [3.63, 3.8) is 0 Å². The summed E-state index contributed by atoms with van der Waals surface area (Å²) in [6, 6.07) is 6.55.